The summed E-state index contributed by atoms with van der Waals surface area (Å²) in [4.78, 5) is 0.0296. The third-order valence-corrected chi connectivity index (χ3v) is 3.88. The van der Waals surface area contributed by atoms with Crippen molar-refractivity contribution in [2.45, 2.75) is 17.7 Å². The highest BCUT2D eigenvalue weighted by atomic mass is 79.9. The first-order chi connectivity index (χ1) is 7.95. The highest BCUT2D eigenvalue weighted by Gasteiger charge is 2.12. The monoisotopic (exact) mass is 336 g/mol. The fraction of sp³-hybridized carbons (Fsp3) is 0.273. The van der Waals surface area contributed by atoms with Gasteiger partial charge < -0.3 is 4.74 Å². The fourth-order valence-electron chi connectivity index (χ4n) is 1.11. The minimum atomic E-state index is -3.71. The van der Waals surface area contributed by atoms with Gasteiger partial charge in [-0.25, -0.2) is 8.42 Å². The summed E-state index contributed by atoms with van der Waals surface area (Å²) in [6, 6.07) is 4.34. The minimum Gasteiger partial charge on any atom is -0.492 e. The number of benzene rings is 1. The van der Waals surface area contributed by atoms with Crippen molar-refractivity contribution in [3.8, 4) is 18.1 Å². The van der Waals surface area contributed by atoms with Gasteiger partial charge in [0.1, 0.15) is 5.75 Å². The molecule has 1 aromatic rings. The molecule has 0 radical (unpaired) electrons. The first-order valence-electron chi connectivity index (χ1n) is 4.75. The van der Waals surface area contributed by atoms with Crippen LogP contribution in [0.2, 0.25) is 0 Å². The van der Waals surface area contributed by atoms with E-state index in [1.54, 1.807) is 6.07 Å². The molecule has 0 saturated carbocycles. The fourth-order valence-corrected chi connectivity index (χ4v) is 2.53. The SMILES string of the molecule is C#CCCCOc1ccc(S(=O)(=O)Cl)cc1Br. The van der Waals surface area contributed by atoms with E-state index in [4.69, 9.17) is 21.8 Å². The molecule has 17 heavy (non-hydrogen) atoms. The number of hydrogen-bond donors (Lipinski definition) is 0. The summed E-state index contributed by atoms with van der Waals surface area (Å²) in [5.41, 5.74) is 0. The molecular formula is C11H10BrClO3S. The standard InChI is InChI=1S/C11H10BrClO3S/c1-2-3-4-7-16-11-6-5-9(8-10(11)12)17(13,14)15/h1,5-6,8H,3-4,7H2. The van der Waals surface area contributed by atoms with E-state index in [9.17, 15) is 8.42 Å². The summed E-state index contributed by atoms with van der Waals surface area (Å²) >= 11 is 3.22. The molecule has 1 aromatic carbocycles. The van der Waals surface area contributed by atoms with Gasteiger partial charge in [0.2, 0.25) is 0 Å². The molecule has 0 heterocycles. The Kier molecular flexibility index (Phi) is 5.31. The van der Waals surface area contributed by atoms with Crippen LogP contribution < -0.4 is 4.74 Å². The van der Waals surface area contributed by atoms with E-state index in [0.29, 0.717) is 23.2 Å². The van der Waals surface area contributed by atoms with Crippen LogP contribution in [0.5, 0.6) is 5.75 Å². The molecule has 1 rings (SSSR count). The maximum absolute atomic E-state index is 11.1. The molecule has 0 amide bonds. The quantitative estimate of drug-likeness (QED) is 0.471. The van der Waals surface area contributed by atoms with Gasteiger partial charge in [-0.3, -0.25) is 0 Å². The summed E-state index contributed by atoms with van der Waals surface area (Å²) < 4.78 is 28.1. The average molecular weight is 338 g/mol. The van der Waals surface area contributed by atoms with Gasteiger partial charge in [0, 0.05) is 17.1 Å². The first kappa shape index (κ1) is 14.4. The zero-order valence-corrected chi connectivity index (χ0v) is 12.0. The normalized spacial score (nSPS) is 10.9. The summed E-state index contributed by atoms with van der Waals surface area (Å²) in [5.74, 6) is 3.07. The molecule has 0 bridgehead atoms. The lowest BCUT2D eigenvalue weighted by Crippen LogP contribution is -1.98. The highest BCUT2D eigenvalue weighted by Crippen LogP contribution is 2.29. The van der Waals surface area contributed by atoms with E-state index in [2.05, 4.69) is 21.9 Å². The molecule has 0 N–H and O–H groups in total. The number of halogens is 2. The summed E-state index contributed by atoms with van der Waals surface area (Å²) in [7, 11) is 1.51. The van der Waals surface area contributed by atoms with Gasteiger partial charge in [0.15, 0.2) is 0 Å². The molecule has 92 valence electrons. The van der Waals surface area contributed by atoms with Gasteiger partial charge >= 0.3 is 0 Å². The summed E-state index contributed by atoms with van der Waals surface area (Å²) in [6.07, 6.45) is 6.50. The zero-order valence-electron chi connectivity index (χ0n) is 8.82. The Morgan fingerprint density at radius 1 is 1.47 bits per heavy atom. The molecule has 0 aliphatic carbocycles. The van der Waals surface area contributed by atoms with Crippen LogP contribution in [0.4, 0.5) is 0 Å². The van der Waals surface area contributed by atoms with Crippen molar-refractivity contribution in [2.75, 3.05) is 6.61 Å². The van der Waals surface area contributed by atoms with E-state index < -0.39 is 9.05 Å². The lowest BCUT2D eigenvalue weighted by molar-refractivity contribution is 0.311. The molecular weight excluding hydrogens is 328 g/mol. The second-order valence-electron chi connectivity index (χ2n) is 3.19. The van der Waals surface area contributed by atoms with Crippen molar-refractivity contribution in [2.24, 2.45) is 0 Å². The molecule has 0 unspecified atom stereocenters. The highest BCUT2D eigenvalue weighted by molar-refractivity contribution is 9.10. The Bertz CT molecular complexity index is 534. The van der Waals surface area contributed by atoms with Gasteiger partial charge in [0.25, 0.3) is 9.05 Å². The van der Waals surface area contributed by atoms with Crippen LogP contribution >= 0.6 is 26.6 Å². The van der Waals surface area contributed by atoms with Crippen LogP contribution in [-0.4, -0.2) is 15.0 Å². The number of ether oxygens (including phenoxy) is 1. The van der Waals surface area contributed by atoms with Gasteiger partial charge in [-0.1, -0.05) is 0 Å². The Morgan fingerprint density at radius 3 is 2.71 bits per heavy atom. The molecule has 0 aliphatic rings. The van der Waals surface area contributed by atoms with Crippen LogP contribution in [0.1, 0.15) is 12.8 Å². The van der Waals surface area contributed by atoms with Crippen LogP contribution in [-0.2, 0) is 9.05 Å². The third kappa shape index (κ3) is 4.58. The largest absolute Gasteiger partial charge is 0.492 e. The minimum absolute atomic E-state index is 0.0296. The van der Waals surface area contributed by atoms with Crippen molar-refractivity contribution in [1.82, 2.24) is 0 Å². The molecule has 0 aromatic heterocycles. The molecule has 0 fully saturated rings. The smallest absolute Gasteiger partial charge is 0.261 e. The molecule has 0 atom stereocenters. The van der Waals surface area contributed by atoms with E-state index in [1.807, 2.05) is 0 Å². The van der Waals surface area contributed by atoms with Gasteiger partial charge in [-0.15, -0.1) is 12.3 Å². The third-order valence-electron chi connectivity index (χ3n) is 1.91. The summed E-state index contributed by atoms with van der Waals surface area (Å²) in [5, 5.41) is 0. The van der Waals surface area contributed by atoms with Crippen molar-refractivity contribution in [3.05, 3.63) is 22.7 Å². The average Bonchev–Trinajstić information content (AvgIpc) is 2.24. The first-order valence-corrected chi connectivity index (χ1v) is 7.86. The van der Waals surface area contributed by atoms with Crippen LogP contribution in [0.3, 0.4) is 0 Å². The number of rotatable bonds is 5. The van der Waals surface area contributed by atoms with E-state index in [0.717, 1.165) is 6.42 Å². The summed E-state index contributed by atoms with van der Waals surface area (Å²) in [6.45, 7) is 0.482. The molecule has 6 heteroatoms. The second kappa shape index (κ2) is 6.29. The van der Waals surface area contributed by atoms with Crippen molar-refractivity contribution in [3.63, 3.8) is 0 Å². The van der Waals surface area contributed by atoms with Gasteiger partial charge in [0.05, 0.1) is 16.0 Å². The molecule has 3 nitrogen and oxygen atoms in total. The van der Waals surface area contributed by atoms with Crippen molar-refractivity contribution in [1.29, 1.82) is 0 Å². The van der Waals surface area contributed by atoms with Crippen LogP contribution in [0, 0.1) is 12.3 Å². The van der Waals surface area contributed by atoms with E-state index in [-0.39, 0.29) is 4.90 Å². The number of terminal acetylenes is 1. The Balaban J connectivity index is 2.74. The van der Waals surface area contributed by atoms with Gasteiger partial charge in [-0.05, 0) is 40.5 Å². The lowest BCUT2D eigenvalue weighted by Gasteiger charge is -2.08. The maximum atomic E-state index is 11.1. The predicted molar refractivity (Wildman–Crippen MR) is 70.7 cm³/mol. The zero-order chi connectivity index (χ0) is 12.9. The number of hydrogen-bond acceptors (Lipinski definition) is 3. The Morgan fingerprint density at radius 2 is 2.18 bits per heavy atom. The van der Waals surface area contributed by atoms with Crippen LogP contribution in [0.15, 0.2) is 27.6 Å². The Hall–Kier alpha value is -0.700. The van der Waals surface area contributed by atoms with E-state index >= 15 is 0 Å². The molecule has 0 saturated heterocycles. The second-order valence-corrected chi connectivity index (χ2v) is 6.61. The molecule has 0 spiro atoms. The van der Waals surface area contributed by atoms with Gasteiger partial charge in [-0.2, -0.15) is 0 Å². The Labute approximate surface area is 114 Å². The van der Waals surface area contributed by atoms with E-state index in [1.165, 1.54) is 12.1 Å². The maximum Gasteiger partial charge on any atom is 0.261 e. The molecule has 0 aliphatic heterocycles. The lowest BCUT2D eigenvalue weighted by atomic mass is 10.3. The van der Waals surface area contributed by atoms with Crippen molar-refractivity contribution >= 4 is 35.7 Å². The van der Waals surface area contributed by atoms with Crippen molar-refractivity contribution < 1.29 is 13.2 Å². The predicted octanol–water partition coefficient (Wildman–Crippen LogP) is 3.17. The number of unbranched alkanes of at least 4 members (excludes halogenated alkanes) is 1. The topological polar surface area (TPSA) is 43.4 Å². The van der Waals surface area contributed by atoms with Crippen LogP contribution in [0.25, 0.3) is 0 Å².